The van der Waals surface area contributed by atoms with E-state index in [0.717, 1.165) is 109 Å². The van der Waals surface area contributed by atoms with Crippen LogP contribution in [0.15, 0.2) is 146 Å². The standard InChI is InChI=1S/C73H125N2O6P/c1-6-8-10-12-14-16-18-20-22-24-26-27-28-29-30-31-32-33-34-35-36-37-38-39-40-41-42-43-44-45-46-47-49-51-53-55-57-59-61-63-65-67-73(77)74-71(70-81-82(78,79)80-69-68-75(3,4)5)72(76)66-64-62-60-58-56-54-52-50-48-25-23-21-19-17-15-13-11-9-7-2/h8,10,14,16,20,22,26-27,29-30,32-33,35-36,38-39,41-42,44-45,56,58,64,66,71-72,76H,6-7,9,11-13,15,17-19,21,23-25,28,31,34,37,40,43,46-55,57,59-63,65,67-70H2,1-5H3,(H-,74,77,78,79)/p+1/b10-8-,16-14-,22-20-,27-26-,30-29-,33-32-,36-35-,39-38-,42-41-,45-44-,58-56+,66-64+. The number of unbranched alkanes of at least 4 members (excludes halogenated alkanes) is 24. The largest absolute Gasteiger partial charge is 0.472 e. The minimum Gasteiger partial charge on any atom is -0.387 e. The topological polar surface area (TPSA) is 105 Å². The molecule has 0 spiro atoms. The zero-order valence-corrected chi connectivity index (χ0v) is 54.3. The molecule has 3 unspecified atom stereocenters. The first-order valence-corrected chi connectivity index (χ1v) is 34.7. The van der Waals surface area contributed by atoms with E-state index in [4.69, 9.17) is 9.05 Å². The van der Waals surface area contributed by atoms with Crippen molar-refractivity contribution in [2.75, 3.05) is 40.9 Å². The van der Waals surface area contributed by atoms with Crippen LogP contribution in [0.4, 0.5) is 0 Å². The number of likely N-dealkylation sites (N-methyl/N-ethyl adjacent to an activating group) is 1. The monoisotopic (exact) mass is 1160 g/mol. The molecule has 82 heavy (non-hydrogen) atoms. The Morgan fingerprint density at radius 2 is 0.744 bits per heavy atom. The third-order valence-corrected chi connectivity index (χ3v) is 15.0. The Balaban J connectivity index is 4.14. The molecule has 0 rings (SSSR count). The Morgan fingerprint density at radius 1 is 0.427 bits per heavy atom. The Hall–Kier alpha value is -3.62. The van der Waals surface area contributed by atoms with Crippen molar-refractivity contribution in [3.05, 3.63) is 146 Å². The molecule has 1 amide bonds. The summed E-state index contributed by atoms with van der Waals surface area (Å²) in [5, 5.41) is 13.9. The second kappa shape index (κ2) is 61.9. The van der Waals surface area contributed by atoms with Crippen LogP contribution < -0.4 is 5.32 Å². The molecule has 0 saturated heterocycles. The highest BCUT2D eigenvalue weighted by molar-refractivity contribution is 7.47. The van der Waals surface area contributed by atoms with Crippen molar-refractivity contribution >= 4 is 13.7 Å². The van der Waals surface area contributed by atoms with Crippen LogP contribution in [0.3, 0.4) is 0 Å². The van der Waals surface area contributed by atoms with E-state index in [1.54, 1.807) is 6.08 Å². The third kappa shape index (κ3) is 64.0. The van der Waals surface area contributed by atoms with Crippen LogP contribution in [-0.2, 0) is 18.4 Å². The number of hydrogen-bond acceptors (Lipinski definition) is 5. The fourth-order valence-corrected chi connectivity index (χ4v) is 9.65. The zero-order chi connectivity index (χ0) is 59.8. The lowest BCUT2D eigenvalue weighted by Gasteiger charge is -2.25. The fraction of sp³-hybridized carbons (Fsp3) is 0.658. The summed E-state index contributed by atoms with van der Waals surface area (Å²) >= 11 is 0. The van der Waals surface area contributed by atoms with E-state index in [1.807, 2.05) is 27.2 Å². The van der Waals surface area contributed by atoms with E-state index in [-0.39, 0.29) is 19.1 Å². The van der Waals surface area contributed by atoms with Gasteiger partial charge in [-0.3, -0.25) is 13.8 Å². The highest BCUT2D eigenvalue weighted by Gasteiger charge is 2.27. The molecule has 468 valence electrons. The second-order valence-corrected chi connectivity index (χ2v) is 24.6. The van der Waals surface area contributed by atoms with Crippen LogP contribution in [0.25, 0.3) is 0 Å². The number of quaternary nitrogens is 1. The number of carbonyl (C=O) groups excluding carboxylic acids is 1. The van der Waals surface area contributed by atoms with Crippen molar-refractivity contribution in [3.8, 4) is 0 Å². The van der Waals surface area contributed by atoms with Gasteiger partial charge >= 0.3 is 7.82 Å². The number of phosphoric ester groups is 1. The van der Waals surface area contributed by atoms with Crippen LogP contribution >= 0.6 is 7.82 Å². The summed E-state index contributed by atoms with van der Waals surface area (Å²) in [5.41, 5.74) is 0. The molecule has 0 bridgehead atoms. The Bertz CT molecular complexity index is 1840. The summed E-state index contributed by atoms with van der Waals surface area (Å²) < 4.78 is 23.7. The van der Waals surface area contributed by atoms with E-state index >= 15 is 0 Å². The van der Waals surface area contributed by atoms with Gasteiger partial charge in [0.1, 0.15) is 13.2 Å². The lowest BCUT2D eigenvalue weighted by molar-refractivity contribution is -0.870. The number of aliphatic hydroxyl groups excluding tert-OH is 1. The fourth-order valence-electron chi connectivity index (χ4n) is 8.91. The number of hydrogen-bond donors (Lipinski definition) is 3. The molecule has 0 aromatic carbocycles. The summed E-state index contributed by atoms with van der Waals surface area (Å²) in [6, 6.07) is -0.876. The number of rotatable bonds is 59. The number of nitrogens with one attached hydrogen (secondary N) is 1. The summed E-state index contributed by atoms with van der Waals surface area (Å²) in [6.45, 7) is 4.68. The van der Waals surface area contributed by atoms with Crippen molar-refractivity contribution in [2.45, 2.75) is 270 Å². The van der Waals surface area contributed by atoms with Crippen LogP contribution in [-0.4, -0.2) is 73.4 Å². The second-order valence-electron chi connectivity index (χ2n) is 23.1. The SMILES string of the molecule is CC/C=C\C/C=C\C/C=C\C/C=C\C/C=C\C/C=C\C/C=C\C/C=C\C/C=C\C/C=C\CCCCCCCCCCCCC(=O)NC(COP(=O)(O)OCC[N+](C)(C)C)C(O)/C=C/CC/C=C/CCCCCCCCCCCCCCC. The molecule has 0 aromatic heterocycles. The number of carbonyl (C=O) groups is 1. The number of allylic oxidation sites excluding steroid dienone is 23. The van der Waals surface area contributed by atoms with E-state index < -0.39 is 20.0 Å². The minimum atomic E-state index is -4.37. The predicted octanol–water partition coefficient (Wildman–Crippen LogP) is 21.2. The molecular weight excluding hydrogens is 1030 g/mol. The Labute approximate surface area is 506 Å². The molecule has 0 saturated carbocycles. The molecule has 0 heterocycles. The number of phosphoric acid groups is 1. The van der Waals surface area contributed by atoms with Gasteiger partial charge in [-0.25, -0.2) is 4.57 Å². The summed E-state index contributed by atoms with van der Waals surface area (Å²) in [4.78, 5) is 23.4. The maximum atomic E-state index is 13.0. The average molecular weight is 1160 g/mol. The van der Waals surface area contributed by atoms with Gasteiger partial charge in [-0.1, -0.05) is 288 Å². The minimum absolute atomic E-state index is 0.0490. The van der Waals surface area contributed by atoms with Crippen molar-refractivity contribution < 1.29 is 32.9 Å². The Morgan fingerprint density at radius 3 is 1.12 bits per heavy atom. The summed E-state index contributed by atoms with van der Waals surface area (Å²) in [6.07, 6.45) is 95.5. The van der Waals surface area contributed by atoms with Crippen molar-refractivity contribution in [1.29, 1.82) is 0 Å². The first-order chi connectivity index (χ1) is 40.0. The van der Waals surface area contributed by atoms with Gasteiger partial charge in [-0.05, 0) is 109 Å². The first kappa shape index (κ1) is 78.4. The molecule has 0 radical (unpaired) electrons. The lowest BCUT2D eigenvalue weighted by atomic mass is 10.0. The van der Waals surface area contributed by atoms with Crippen LogP contribution in [0.2, 0.25) is 0 Å². The maximum absolute atomic E-state index is 13.0. The third-order valence-electron chi connectivity index (χ3n) is 14.0. The normalized spacial score (nSPS) is 14.7. The molecule has 0 aliphatic heterocycles. The van der Waals surface area contributed by atoms with Crippen molar-refractivity contribution in [2.24, 2.45) is 0 Å². The number of aliphatic hydroxyl groups is 1. The molecule has 3 N–H and O–H groups in total. The molecule has 0 fully saturated rings. The number of amides is 1. The molecular formula is C73H126N2O6P+. The highest BCUT2D eigenvalue weighted by atomic mass is 31.2. The number of nitrogens with zero attached hydrogens (tertiary/aromatic N) is 1. The molecule has 9 heteroatoms. The highest BCUT2D eigenvalue weighted by Crippen LogP contribution is 2.43. The van der Waals surface area contributed by atoms with Gasteiger partial charge in [0.25, 0.3) is 0 Å². The van der Waals surface area contributed by atoms with Gasteiger partial charge in [0.15, 0.2) is 0 Å². The lowest BCUT2D eigenvalue weighted by Crippen LogP contribution is -2.45. The summed E-state index contributed by atoms with van der Waals surface area (Å²) in [5.74, 6) is -0.196. The van der Waals surface area contributed by atoms with Crippen LogP contribution in [0.5, 0.6) is 0 Å². The maximum Gasteiger partial charge on any atom is 0.472 e. The molecule has 0 aliphatic carbocycles. The van der Waals surface area contributed by atoms with E-state index in [1.165, 1.54) is 128 Å². The van der Waals surface area contributed by atoms with Crippen LogP contribution in [0, 0.1) is 0 Å². The quantitative estimate of drug-likeness (QED) is 0.0243. The smallest absolute Gasteiger partial charge is 0.387 e. The van der Waals surface area contributed by atoms with Gasteiger partial charge in [0.05, 0.1) is 39.9 Å². The van der Waals surface area contributed by atoms with Gasteiger partial charge in [-0.2, -0.15) is 0 Å². The van der Waals surface area contributed by atoms with Crippen LogP contribution in [0.1, 0.15) is 258 Å². The molecule has 0 aliphatic rings. The van der Waals surface area contributed by atoms with Gasteiger partial charge in [-0.15, -0.1) is 0 Å². The molecule has 0 aromatic rings. The molecule has 3 atom stereocenters. The van der Waals surface area contributed by atoms with E-state index in [9.17, 15) is 19.4 Å². The average Bonchev–Trinajstić information content (AvgIpc) is 3.47. The van der Waals surface area contributed by atoms with Gasteiger partial charge < -0.3 is 19.8 Å². The Kier molecular flexibility index (Phi) is 59.2. The van der Waals surface area contributed by atoms with Crippen molar-refractivity contribution in [1.82, 2.24) is 5.32 Å². The van der Waals surface area contributed by atoms with E-state index in [2.05, 4.69) is 153 Å². The van der Waals surface area contributed by atoms with E-state index in [0.29, 0.717) is 17.4 Å². The molecule has 8 nitrogen and oxygen atoms in total. The summed E-state index contributed by atoms with van der Waals surface area (Å²) in [7, 11) is 1.54. The predicted molar refractivity (Wildman–Crippen MR) is 359 cm³/mol. The van der Waals surface area contributed by atoms with Gasteiger partial charge in [0, 0.05) is 6.42 Å². The zero-order valence-electron chi connectivity index (χ0n) is 53.4. The van der Waals surface area contributed by atoms with Gasteiger partial charge in [0.2, 0.25) is 5.91 Å². The van der Waals surface area contributed by atoms with Crippen molar-refractivity contribution in [3.63, 3.8) is 0 Å². The first-order valence-electron chi connectivity index (χ1n) is 33.2.